The van der Waals surface area contributed by atoms with E-state index in [-0.39, 0.29) is 17.1 Å². The Balaban J connectivity index is 1.56. The smallest absolute Gasteiger partial charge is 0.277 e. The lowest BCUT2D eigenvalue weighted by Crippen LogP contribution is -2.27. The maximum atomic E-state index is 12.4. The Hall–Kier alpha value is -2.31. The summed E-state index contributed by atoms with van der Waals surface area (Å²) >= 11 is 7.23. The van der Waals surface area contributed by atoms with Gasteiger partial charge in [-0.3, -0.25) is 4.79 Å². The molecule has 0 N–H and O–H groups in total. The highest BCUT2D eigenvalue weighted by Gasteiger charge is 2.16. The summed E-state index contributed by atoms with van der Waals surface area (Å²) < 4.78 is 5.71. The highest BCUT2D eigenvalue weighted by Crippen LogP contribution is 2.27. The summed E-state index contributed by atoms with van der Waals surface area (Å²) in [7, 11) is 1.76. The first-order valence-electron chi connectivity index (χ1n) is 9.28. The highest BCUT2D eigenvalue weighted by atomic mass is 35.5. The lowest BCUT2D eigenvalue weighted by atomic mass is 9.87. The standard InChI is InChI=1S/C22H24ClN3O2S/c1-22(2,3)17-10-8-16(9-11-17)20-24-25-21(28-20)29-14-19(27)26(4)13-15-6-5-7-18(23)12-15/h5-12H,13-14H2,1-4H3. The Morgan fingerprint density at radius 2 is 1.86 bits per heavy atom. The number of carbonyl (C=O) groups excluding carboxylic acids is 1. The summed E-state index contributed by atoms with van der Waals surface area (Å²) in [6, 6.07) is 15.6. The first-order chi connectivity index (χ1) is 13.7. The van der Waals surface area contributed by atoms with Gasteiger partial charge in [-0.2, -0.15) is 0 Å². The van der Waals surface area contributed by atoms with Crippen LogP contribution in [0.3, 0.4) is 0 Å². The molecule has 0 radical (unpaired) electrons. The summed E-state index contributed by atoms with van der Waals surface area (Å²) in [4.78, 5) is 14.1. The van der Waals surface area contributed by atoms with E-state index < -0.39 is 0 Å². The van der Waals surface area contributed by atoms with Gasteiger partial charge < -0.3 is 9.32 Å². The molecule has 0 fully saturated rings. The molecule has 0 bridgehead atoms. The number of hydrogen-bond donors (Lipinski definition) is 0. The quantitative estimate of drug-likeness (QED) is 0.488. The first-order valence-corrected chi connectivity index (χ1v) is 10.6. The van der Waals surface area contributed by atoms with E-state index in [0.717, 1.165) is 11.1 Å². The largest absolute Gasteiger partial charge is 0.411 e. The van der Waals surface area contributed by atoms with Crippen LogP contribution in [0.4, 0.5) is 0 Å². The number of hydrogen-bond acceptors (Lipinski definition) is 5. The predicted molar refractivity (Wildman–Crippen MR) is 117 cm³/mol. The molecule has 7 heteroatoms. The van der Waals surface area contributed by atoms with Crippen LogP contribution in [0.1, 0.15) is 31.9 Å². The molecule has 0 aliphatic heterocycles. The van der Waals surface area contributed by atoms with E-state index in [9.17, 15) is 4.79 Å². The van der Waals surface area contributed by atoms with Gasteiger partial charge in [-0.15, -0.1) is 10.2 Å². The summed E-state index contributed by atoms with van der Waals surface area (Å²) in [5, 5.41) is 9.19. The van der Waals surface area contributed by atoms with Crippen LogP contribution >= 0.6 is 23.4 Å². The molecule has 0 saturated heterocycles. The Labute approximate surface area is 180 Å². The van der Waals surface area contributed by atoms with Crippen LogP contribution in [0.5, 0.6) is 0 Å². The topological polar surface area (TPSA) is 59.2 Å². The monoisotopic (exact) mass is 429 g/mol. The normalized spacial score (nSPS) is 11.5. The Bertz CT molecular complexity index is 980. The molecule has 0 atom stereocenters. The molecule has 0 spiro atoms. The van der Waals surface area contributed by atoms with Crippen molar-refractivity contribution in [3.05, 3.63) is 64.7 Å². The van der Waals surface area contributed by atoms with Crippen molar-refractivity contribution in [2.45, 2.75) is 38.0 Å². The van der Waals surface area contributed by atoms with Crippen LogP contribution in [0.15, 0.2) is 58.2 Å². The van der Waals surface area contributed by atoms with Crippen molar-refractivity contribution in [3.63, 3.8) is 0 Å². The molecule has 5 nitrogen and oxygen atoms in total. The van der Waals surface area contributed by atoms with E-state index in [2.05, 4.69) is 43.1 Å². The minimum Gasteiger partial charge on any atom is -0.411 e. The molecule has 1 heterocycles. The SMILES string of the molecule is CN(Cc1cccc(Cl)c1)C(=O)CSc1nnc(-c2ccc(C(C)(C)C)cc2)o1. The Morgan fingerprint density at radius 3 is 2.52 bits per heavy atom. The van der Waals surface area contributed by atoms with Gasteiger partial charge >= 0.3 is 0 Å². The van der Waals surface area contributed by atoms with Crippen molar-refractivity contribution >= 4 is 29.3 Å². The second-order valence-electron chi connectivity index (χ2n) is 7.87. The van der Waals surface area contributed by atoms with Gasteiger partial charge in [0.15, 0.2) is 0 Å². The van der Waals surface area contributed by atoms with Crippen LogP contribution in [0, 0.1) is 0 Å². The maximum Gasteiger partial charge on any atom is 0.277 e. The van der Waals surface area contributed by atoms with Crippen molar-refractivity contribution < 1.29 is 9.21 Å². The van der Waals surface area contributed by atoms with Crippen LogP contribution < -0.4 is 0 Å². The van der Waals surface area contributed by atoms with Crippen molar-refractivity contribution in [1.29, 1.82) is 0 Å². The van der Waals surface area contributed by atoms with Gasteiger partial charge in [0.25, 0.3) is 5.22 Å². The summed E-state index contributed by atoms with van der Waals surface area (Å²) in [6.07, 6.45) is 0. The van der Waals surface area contributed by atoms with Crippen LogP contribution in [-0.2, 0) is 16.8 Å². The molecule has 1 aromatic heterocycles. The molecule has 29 heavy (non-hydrogen) atoms. The molecule has 152 valence electrons. The maximum absolute atomic E-state index is 12.4. The number of nitrogens with zero attached hydrogens (tertiary/aromatic N) is 3. The van der Waals surface area contributed by atoms with E-state index in [1.807, 2.05) is 36.4 Å². The van der Waals surface area contributed by atoms with Crippen molar-refractivity contribution in [2.75, 3.05) is 12.8 Å². The van der Waals surface area contributed by atoms with Gasteiger partial charge in [-0.05, 0) is 40.8 Å². The van der Waals surface area contributed by atoms with Gasteiger partial charge in [0.05, 0.1) is 5.75 Å². The van der Waals surface area contributed by atoms with E-state index in [1.54, 1.807) is 11.9 Å². The highest BCUT2D eigenvalue weighted by molar-refractivity contribution is 7.99. The van der Waals surface area contributed by atoms with Gasteiger partial charge in [-0.1, -0.05) is 68.4 Å². The lowest BCUT2D eigenvalue weighted by molar-refractivity contribution is -0.127. The molecule has 3 aromatic rings. The third-order valence-electron chi connectivity index (χ3n) is 4.46. The summed E-state index contributed by atoms with van der Waals surface area (Å²) in [6.45, 7) is 7.01. The van der Waals surface area contributed by atoms with Crippen molar-refractivity contribution in [2.24, 2.45) is 0 Å². The van der Waals surface area contributed by atoms with Crippen LogP contribution in [0.25, 0.3) is 11.5 Å². The third-order valence-corrected chi connectivity index (χ3v) is 5.50. The average molecular weight is 430 g/mol. The number of aromatic nitrogens is 2. The van der Waals surface area contributed by atoms with Gasteiger partial charge in [0.2, 0.25) is 11.8 Å². The summed E-state index contributed by atoms with van der Waals surface area (Å²) in [5.74, 6) is 0.652. The van der Waals surface area contributed by atoms with Crippen molar-refractivity contribution in [3.8, 4) is 11.5 Å². The molecule has 0 aliphatic rings. The van der Waals surface area contributed by atoms with Gasteiger partial charge in [0.1, 0.15) is 0 Å². The third kappa shape index (κ3) is 5.84. The predicted octanol–water partition coefficient (Wildman–Crippen LogP) is 5.44. The number of amides is 1. The zero-order valence-electron chi connectivity index (χ0n) is 17.0. The molecule has 0 aliphatic carbocycles. The molecule has 0 unspecified atom stereocenters. The Kier molecular flexibility index (Phi) is 6.65. The lowest BCUT2D eigenvalue weighted by Gasteiger charge is -2.18. The Morgan fingerprint density at radius 1 is 1.14 bits per heavy atom. The fourth-order valence-electron chi connectivity index (χ4n) is 2.73. The molecule has 3 rings (SSSR count). The molecule has 2 aromatic carbocycles. The van der Waals surface area contributed by atoms with E-state index >= 15 is 0 Å². The van der Waals surface area contributed by atoms with E-state index in [1.165, 1.54) is 17.3 Å². The van der Waals surface area contributed by atoms with Crippen LogP contribution in [-0.4, -0.2) is 33.8 Å². The van der Waals surface area contributed by atoms with Crippen LogP contribution in [0.2, 0.25) is 5.02 Å². The number of benzene rings is 2. The molecule has 0 saturated carbocycles. The average Bonchev–Trinajstić information content (AvgIpc) is 3.14. The number of thioether (sulfide) groups is 1. The minimum atomic E-state index is -0.0238. The van der Waals surface area contributed by atoms with E-state index in [4.69, 9.17) is 16.0 Å². The fraction of sp³-hybridized carbons (Fsp3) is 0.318. The number of halogens is 1. The first kappa shape index (κ1) is 21.4. The zero-order chi connectivity index (χ0) is 21.0. The number of carbonyl (C=O) groups is 1. The summed E-state index contributed by atoms with van der Waals surface area (Å²) in [5.41, 5.74) is 3.17. The zero-order valence-corrected chi connectivity index (χ0v) is 18.5. The van der Waals surface area contributed by atoms with Gasteiger partial charge in [0, 0.05) is 24.2 Å². The molecule has 1 amide bonds. The second-order valence-corrected chi connectivity index (χ2v) is 9.23. The number of rotatable bonds is 6. The molecular weight excluding hydrogens is 406 g/mol. The minimum absolute atomic E-state index is 0.0238. The fourth-order valence-corrected chi connectivity index (χ4v) is 3.65. The van der Waals surface area contributed by atoms with Crippen molar-refractivity contribution in [1.82, 2.24) is 15.1 Å². The van der Waals surface area contributed by atoms with Gasteiger partial charge in [-0.25, -0.2) is 0 Å². The van der Waals surface area contributed by atoms with E-state index in [0.29, 0.717) is 22.7 Å². The second kappa shape index (κ2) is 9.01. The molecular formula is C22H24ClN3O2S.